The van der Waals surface area contributed by atoms with Gasteiger partial charge in [-0.15, -0.1) is 0 Å². The molecule has 0 saturated carbocycles. The first-order chi connectivity index (χ1) is 13.8. The van der Waals surface area contributed by atoms with Crippen molar-refractivity contribution in [3.05, 3.63) is 53.6 Å². The van der Waals surface area contributed by atoms with Crippen LogP contribution in [0.4, 0.5) is 5.69 Å². The summed E-state index contributed by atoms with van der Waals surface area (Å²) in [6.07, 6.45) is 2.17. The SMILES string of the molecule is O=C(CCc1ccc2c(c1)OCO2)Nc1ccc(CCN2CCSCC2)cc1. The lowest BCUT2D eigenvalue weighted by Gasteiger charge is -2.26. The molecule has 1 fully saturated rings. The Labute approximate surface area is 170 Å². The standard InChI is InChI=1S/C22H26N2O3S/c25-22(8-4-18-3-7-20-21(15-18)27-16-26-20)23-19-5-1-17(2-6-19)9-10-24-11-13-28-14-12-24/h1-3,5-7,15H,4,8-14,16H2,(H,23,25). The highest BCUT2D eigenvalue weighted by molar-refractivity contribution is 7.99. The molecule has 4 rings (SSSR count). The maximum atomic E-state index is 12.3. The Kier molecular flexibility index (Phi) is 6.39. The number of thioether (sulfide) groups is 1. The molecular weight excluding hydrogens is 372 g/mol. The highest BCUT2D eigenvalue weighted by atomic mass is 32.2. The van der Waals surface area contributed by atoms with Crippen molar-refractivity contribution in [2.24, 2.45) is 0 Å². The number of hydrogen-bond acceptors (Lipinski definition) is 5. The molecule has 1 amide bonds. The van der Waals surface area contributed by atoms with Crippen LogP contribution >= 0.6 is 11.8 Å². The van der Waals surface area contributed by atoms with E-state index in [0.717, 1.165) is 35.7 Å². The summed E-state index contributed by atoms with van der Waals surface area (Å²) < 4.78 is 10.7. The van der Waals surface area contributed by atoms with E-state index in [4.69, 9.17) is 9.47 Å². The third kappa shape index (κ3) is 5.20. The predicted octanol–water partition coefficient (Wildman–Crippen LogP) is 3.58. The zero-order valence-electron chi connectivity index (χ0n) is 16.0. The van der Waals surface area contributed by atoms with E-state index in [1.807, 2.05) is 42.1 Å². The fourth-order valence-electron chi connectivity index (χ4n) is 3.44. The molecule has 0 aliphatic carbocycles. The van der Waals surface area contributed by atoms with E-state index >= 15 is 0 Å². The van der Waals surface area contributed by atoms with Crippen LogP contribution in [0.5, 0.6) is 11.5 Å². The van der Waals surface area contributed by atoms with Crippen LogP contribution in [0.3, 0.4) is 0 Å². The van der Waals surface area contributed by atoms with Gasteiger partial charge >= 0.3 is 0 Å². The van der Waals surface area contributed by atoms with Gasteiger partial charge < -0.3 is 19.7 Å². The van der Waals surface area contributed by atoms with Crippen molar-refractivity contribution in [2.75, 3.05) is 43.2 Å². The van der Waals surface area contributed by atoms with Crippen molar-refractivity contribution in [3.63, 3.8) is 0 Å². The van der Waals surface area contributed by atoms with E-state index in [-0.39, 0.29) is 12.7 Å². The molecule has 1 N–H and O–H groups in total. The van der Waals surface area contributed by atoms with Crippen LogP contribution in [-0.4, -0.2) is 48.7 Å². The van der Waals surface area contributed by atoms with Crippen LogP contribution in [-0.2, 0) is 17.6 Å². The Bertz CT molecular complexity index is 804. The highest BCUT2D eigenvalue weighted by Crippen LogP contribution is 2.32. The number of carbonyl (C=O) groups is 1. The van der Waals surface area contributed by atoms with Gasteiger partial charge in [-0.2, -0.15) is 11.8 Å². The predicted molar refractivity (Wildman–Crippen MR) is 113 cm³/mol. The number of carbonyl (C=O) groups excluding carboxylic acids is 1. The van der Waals surface area contributed by atoms with Gasteiger partial charge in [-0.25, -0.2) is 0 Å². The molecule has 2 aliphatic rings. The molecule has 0 aromatic heterocycles. The van der Waals surface area contributed by atoms with Gasteiger partial charge in [-0.1, -0.05) is 18.2 Å². The molecule has 1 saturated heterocycles. The molecule has 0 atom stereocenters. The number of aryl methyl sites for hydroxylation is 1. The molecular formula is C22H26N2O3S. The van der Waals surface area contributed by atoms with Gasteiger partial charge in [-0.05, 0) is 48.2 Å². The van der Waals surface area contributed by atoms with Crippen molar-refractivity contribution < 1.29 is 14.3 Å². The number of hydrogen-bond donors (Lipinski definition) is 1. The molecule has 0 unspecified atom stereocenters. The zero-order chi connectivity index (χ0) is 19.2. The van der Waals surface area contributed by atoms with E-state index in [1.54, 1.807) is 0 Å². The highest BCUT2D eigenvalue weighted by Gasteiger charge is 2.14. The van der Waals surface area contributed by atoms with E-state index in [0.29, 0.717) is 12.8 Å². The Morgan fingerprint density at radius 2 is 1.71 bits per heavy atom. The molecule has 5 nitrogen and oxygen atoms in total. The second-order valence-electron chi connectivity index (χ2n) is 7.14. The van der Waals surface area contributed by atoms with Crippen LogP contribution in [0.15, 0.2) is 42.5 Å². The molecule has 6 heteroatoms. The van der Waals surface area contributed by atoms with Crippen LogP contribution in [0, 0.1) is 0 Å². The fourth-order valence-corrected chi connectivity index (χ4v) is 4.42. The second-order valence-corrected chi connectivity index (χ2v) is 8.36. The molecule has 2 aliphatic heterocycles. The van der Waals surface area contributed by atoms with Crippen LogP contribution in [0.1, 0.15) is 17.5 Å². The van der Waals surface area contributed by atoms with Crippen LogP contribution in [0.2, 0.25) is 0 Å². The number of benzene rings is 2. The average molecular weight is 399 g/mol. The van der Waals surface area contributed by atoms with Gasteiger partial charge in [0.05, 0.1) is 0 Å². The molecule has 0 spiro atoms. The summed E-state index contributed by atoms with van der Waals surface area (Å²) in [5.41, 5.74) is 3.25. The van der Waals surface area contributed by atoms with Crippen LogP contribution < -0.4 is 14.8 Å². The zero-order valence-corrected chi connectivity index (χ0v) is 16.8. The largest absolute Gasteiger partial charge is 0.454 e. The van der Waals surface area contributed by atoms with E-state index in [1.165, 1.54) is 30.2 Å². The number of ether oxygens (including phenoxy) is 2. The number of rotatable bonds is 7. The monoisotopic (exact) mass is 398 g/mol. The molecule has 0 bridgehead atoms. The molecule has 148 valence electrons. The van der Waals surface area contributed by atoms with Gasteiger partial charge in [0.1, 0.15) is 0 Å². The molecule has 2 heterocycles. The van der Waals surface area contributed by atoms with Gasteiger partial charge in [-0.3, -0.25) is 4.79 Å². The maximum absolute atomic E-state index is 12.3. The smallest absolute Gasteiger partial charge is 0.231 e. The molecule has 0 radical (unpaired) electrons. The summed E-state index contributed by atoms with van der Waals surface area (Å²) in [6, 6.07) is 14.1. The van der Waals surface area contributed by atoms with Gasteiger partial charge in [0.15, 0.2) is 11.5 Å². The lowest BCUT2D eigenvalue weighted by Crippen LogP contribution is -2.34. The number of amides is 1. The minimum atomic E-state index is 0.0243. The third-order valence-corrected chi connectivity index (χ3v) is 6.08. The van der Waals surface area contributed by atoms with Crippen molar-refractivity contribution in [2.45, 2.75) is 19.3 Å². The van der Waals surface area contributed by atoms with Crippen molar-refractivity contribution in [3.8, 4) is 11.5 Å². The van der Waals surface area contributed by atoms with E-state index in [9.17, 15) is 4.79 Å². The quantitative estimate of drug-likeness (QED) is 0.773. The first-order valence-electron chi connectivity index (χ1n) is 9.84. The van der Waals surface area contributed by atoms with Gasteiger partial charge in [0.25, 0.3) is 0 Å². The maximum Gasteiger partial charge on any atom is 0.231 e. The Hall–Kier alpha value is -2.18. The minimum absolute atomic E-state index is 0.0243. The third-order valence-electron chi connectivity index (χ3n) is 5.14. The van der Waals surface area contributed by atoms with Crippen LogP contribution in [0.25, 0.3) is 0 Å². The molecule has 2 aromatic rings. The summed E-state index contributed by atoms with van der Waals surface area (Å²) in [6.45, 7) is 3.78. The summed E-state index contributed by atoms with van der Waals surface area (Å²) in [4.78, 5) is 14.8. The number of nitrogens with one attached hydrogen (secondary N) is 1. The molecule has 28 heavy (non-hydrogen) atoms. The normalized spacial score (nSPS) is 16.1. The summed E-state index contributed by atoms with van der Waals surface area (Å²) in [5.74, 6) is 4.05. The second kappa shape index (κ2) is 9.34. The number of nitrogens with zero attached hydrogens (tertiary/aromatic N) is 1. The minimum Gasteiger partial charge on any atom is -0.454 e. The first-order valence-corrected chi connectivity index (χ1v) is 11.0. The summed E-state index contributed by atoms with van der Waals surface area (Å²) >= 11 is 2.04. The van der Waals surface area contributed by atoms with E-state index in [2.05, 4.69) is 22.3 Å². The summed E-state index contributed by atoms with van der Waals surface area (Å²) in [5, 5.41) is 2.99. The lowest BCUT2D eigenvalue weighted by atomic mass is 10.1. The Balaban J connectivity index is 1.21. The topological polar surface area (TPSA) is 50.8 Å². The van der Waals surface area contributed by atoms with Gasteiger partial charge in [0, 0.05) is 43.2 Å². The fraction of sp³-hybridized carbons (Fsp3) is 0.409. The lowest BCUT2D eigenvalue weighted by molar-refractivity contribution is -0.116. The van der Waals surface area contributed by atoms with Gasteiger partial charge in [0.2, 0.25) is 12.7 Å². The average Bonchev–Trinajstić information content (AvgIpc) is 3.20. The van der Waals surface area contributed by atoms with E-state index < -0.39 is 0 Å². The molecule has 2 aromatic carbocycles. The number of fused-ring (bicyclic) bond motifs is 1. The Morgan fingerprint density at radius 3 is 2.54 bits per heavy atom. The first kappa shape index (κ1) is 19.2. The number of anilines is 1. The summed E-state index contributed by atoms with van der Waals surface area (Å²) in [7, 11) is 0. The van der Waals surface area contributed by atoms with Crippen molar-refractivity contribution >= 4 is 23.4 Å². The van der Waals surface area contributed by atoms with Crippen molar-refractivity contribution in [1.82, 2.24) is 4.90 Å². The van der Waals surface area contributed by atoms with Crippen molar-refractivity contribution in [1.29, 1.82) is 0 Å². The Morgan fingerprint density at radius 1 is 0.964 bits per heavy atom.